The average Bonchev–Trinajstić information content (AvgIpc) is 2.50. The maximum Gasteiger partial charge on any atom is 0.253 e. The van der Waals surface area contributed by atoms with Crippen LogP contribution in [-0.2, 0) is 0 Å². The Morgan fingerprint density at radius 2 is 2.19 bits per heavy atom. The highest BCUT2D eigenvalue weighted by Crippen LogP contribution is 2.15. The van der Waals surface area contributed by atoms with E-state index in [1.54, 1.807) is 11.8 Å². The molecule has 0 saturated heterocycles. The number of hydrogen-bond acceptors (Lipinski definition) is 3. The summed E-state index contributed by atoms with van der Waals surface area (Å²) < 4.78 is 0. The second-order valence-corrected chi connectivity index (χ2v) is 5.83. The highest BCUT2D eigenvalue weighted by atomic mass is 32.2. The van der Waals surface area contributed by atoms with Gasteiger partial charge >= 0.3 is 0 Å². The molecule has 0 radical (unpaired) electrons. The van der Waals surface area contributed by atoms with Gasteiger partial charge in [-0.3, -0.25) is 4.79 Å². The SMILES string of the molecule is CCC(CSC)N(C)C(=O)c1ccc(C)c(C#CCO)c1. The minimum atomic E-state index is -0.177. The van der Waals surface area contributed by atoms with Gasteiger partial charge in [0.15, 0.2) is 0 Å². The van der Waals surface area contributed by atoms with Crippen LogP contribution in [0.5, 0.6) is 0 Å². The maximum absolute atomic E-state index is 12.6. The van der Waals surface area contributed by atoms with E-state index in [1.165, 1.54) is 0 Å². The first-order valence-electron chi connectivity index (χ1n) is 7.01. The zero-order valence-corrected chi connectivity index (χ0v) is 14.0. The number of aryl methyl sites for hydroxylation is 1. The Labute approximate surface area is 131 Å². The van der Waals surface area contributed by atoms with Gasteiger partial charge in [0.2, 0.25) is 0 Å². The number of rotatable bonds is 5. The third kappa shape index (κ3) is 4.80. The standard InChI is InChI=1S/C17H23NO2S/c1-5-16(12-21-4)18(3)17(20)15-9-8-13(2)14(11-15)7-6-10-19/h8-9,11,16,19H,5,10,12H2,1-4H3. The number of aliphatic hydroxyl groups excluding tert-OH is 1. The third-order valence-corrected chi connectivity index (χ3v) is 4.20. The maximum atomic E-state index is 12.6. The van der Waals surface area contributed by atoms with Crippen molar-refractivity contribution in [1.82, 2.24) is 4.90 Å². The Balaban J connectivity index is 3.01. The fraction of sp³-hybridized carbons (Fsp3) is 0.471. The Hall–Kier alpha value is -1.44. The molecule has 1 unspecified atom stereocenters. The number of nitrogens with zero attached hydrogens (tertiary/aromatic N) is 1. The average molecular weight is 305 g/mol. The topological polar surface area (TPSA) is 40.5 Å². The minimum absolute atomic E-state index is 0.0166. The molecule has 0 saturated carbocycles. The van der Waals surface area contributed by atoms with E-state index in [4.69, 9.17) is 5.11 Å². The number of carbonyl (C=O) groups excluding carboxylic acids is 1. The lowest BCUT2D eigenvalue weighted by Crippen LogP contribution is -2.38. The Kier molecular flexibility index (Phi) is 7.35. The second-order valence-electron chi connectivity index (χ2n) is 4.92. The van der Waals surface area contributed by atoms with Gasteiger partial charge in [0.05, 0.1) is 0 Å². The third-order valence-electron chi connectivity index (χ3n) is 3.49. The molecule has 0 fully saturated rings. The van der Waals surface area contributed by atoms with E-state index in [1.807, 2.05) is 37.1 Å². The Morgan fingerprint density at radius 1 is 1.48 bits per heavy atom. The van der Waals surface area contributed by atoms with Crippen molar-refractivity contribution < 1.29 is 9.90 Å². The molecule has 1 aromatic carbocycles. The molecule has 0 aliphatic carbocycles. The molecule has 21 heavy (non-hydrogen) atoms. The quantitative estimate of drug-likeness (QED) is 0.850. The number of hydrogen-bond donors (Lipinski definition) is 1. The largest absolute Gasteiger partial charge is 0.384 e. The van der Waals surface area contributed by atoms with Crippen LogP contribution in [0.15, 0.2) is 18.2 Å². The van der Waals surface area contributed by atoms with Gasteiger partial charge in [-0.15, -0.1) is 0 Å². The molecule has 114 valence electrons. The van der Waals surface area contributed by atoms with Crippen molar-refractivity contribution in [2.24, 2.45) is 0 Å². The Morgan fingerprint density at radius 3 is 2.76 bits per heavy atom. The summed E-state index contributed by atoms with van der Waals surface area (Å²) in [5, 5.41) is 8.80. The molecule has 0 bridgehead atoms. The molecule has 1 amide bonds. The molecule has 0 aromatic heterocycles. The van der Waals surface area contributed by atoms with E-state index >= 15 is 0 Å². The van der Waals surface area contributed by atoms with Gasteiger partial charge < -0.3 is 10.0 Å². The zero-order chi connectivity index (χ0) is 15.8. The van der Waals surface area contributed by atoms with Crippen LogP contribution >= 0.6 is 11.8 Å². The minimum Gasteiger partial charge on any atom is -0.384 e. The number of thioether (sulfide) groups is 1. The van der Waals surface area contributed by atoms with Crippen LogP contribution in [0.1, 0.15) is 34.8 Å². The first-order chi connectivity index (χ1) is 10.0. The molecule has 0 heterocycles. The van der Waals surface area contributed by atoms with Crippen LogP contribution in [0, 0.1) is 18.8 Å². The molecule has 0 aliphatic heterocycles. The first kappa shape index (κ1) is 17.6. The summed E-state index contributed by atoms with van der Waals surface area (Å²) in [6.07, 6.45) is 2.99. The molecular formula is C17H23NO2S. The zero-order valence-electron chi connectivity index (χ0n) is 13.1. The summed E-state index contributed by atoms with van der Waals surface area (Å²) in [4.78, 5) is 14.4. The van der Waals surface area contributed by atoms with Crippen LogP contribution in [0.4, 0.5) is 0 Å². The number of amides is 1. The normalized spacial score (nSPS) is 11.5. The van der Waals surface area contributed by atoms with Crippen molar-refractivity contribution in [3.8, 4) is 11.8 Å². The summed E-state index contributed by atoms with van der Waals surface area (Å²) in [5.41, 5.74) is 2.44. The van der Waals surface area contributed by atoms with Crippen LogP contribution in [0.3, 0.4) is 0 Å². The predicted octanol–water partition coefficient (Wildman–Crippen LogP) is 2.55. The first-order valence-corrected chi connectivity index (χ1v) is 8.41. The highest BCUT2D eigenvalue weighted by molar-refractivity contribution is 7.98. The van der Waals surface area contributed by atoms with Gasteiger partial charge in [-0.1, -0.05) is 24.8 Å². The summed E-state index contributed by atoms with van der Waals surface area (Å²) in [7, 11) is 1.85. The van der Waals surface area contributed by atoms with E-state index in [0.29, 0.717) is 5.56 Å². The summed E-state index contributed by atoms with van der Waals surface area (Å²) in [6.45, 7) is 3.86. The van der Waals surface area contributed by atoms with Crippen molar-refractivity contribution in [2.45, 2.75) is 26.3 Å². The fourth-order valence-corrected chi connectivity index (χ4v) is 2.93. The van der Waals surface area contributed by atoms with Gasteiger partial charge in [-0.2, -0.15) is 11.8 Å². The monoisotopic (exact) mass is 305 g/mol. The van der Waals surface area contributed by atoms with E-state index in [2.05, 4.69) is 25.0 Å². The van der Waals surface area contributed by atoms with E-state index in [-0.39, 0.29) is 18.6 Å². The van der Waals surface area contributed by atoms with Crippen LogP contribution in [0.2, 0.25) is 0 Å². The number of aliphatic hydroxyl groups is 1. The van der Waals surface area contributed by atoms with Crippen LogP contribution in [0.25, 0.3) is 0 Å². The second kappa shape index (κ2) is 8.76. The molecule has 1 aromatic rings. The van der Waals surface area contributed by atoms with Crippen molar-refractivity contribution >= 4 is 17.7 Å². The van der Waals surface area contributed by atoms with Gasteiger partial charge in [-0.25, -0.2) is 0 Å². The lowest BCUT2D eigenvalue weighted by atomic mass is 10.0. The number of carbonyl (C=O) groups is 1. The predicted molar refractivity (Wildman–Crippen MR) is 89.7 cm³/mol. The van der Waals surface area contributed by atoms with Crippen LogP contribution in [-0.4, -0.2) is 47.6 Å². The molecule has 0 spiro atoms. The van der Waals surface area contributed by atoms with Gasteiger partial charge in [0, 0.05) is 30.0 Å². The van der Waals surface area contributed by atoms with Crippen molar-refractivity contribution in [2.75, 3.05) is 25.7 Å². The summed E-state index contributed by atoms with van der Waals surface area (Å²) in [5.74, 6) is 6.47. The number of benzene rings is 1. The lowest BCUT2D eigenvalue weighted by Gasteiger charge is -2.27. The van der Waals surface area contributed by atoms with E-state index < -0.39 is 0 Å². The molecule has 1 atom stereocenters. The highest BCUT2D eigenvalue weighted by Gasteiger charge is 2.19. The molecule has 0 aliphatic rings. The Bertz CT molecular complexity index is 545. The van der Waals surface area contributed by atoms with Gasteiger partial charge in [0.25, 0.3) is 5.91 Å². The molecular weight excluding hydrogens is 282 g/mol. The lowest BCUT2D eigenvalue weighted by molar-refractivity contribution is 0.0743. The summed E-state index contributed by atoms with van der Waals surface area (Å²) >= 11 is 1.75. The molecule has 3 nitrogen and oxygen atoms in total. The summed E-state index contributed by atoms with van der Waals surface area (Å²) in [6, 6.07) is 5.78. The molecule has 1 rings (SSSR count). The van der Waals surface area contributed by atoms with Crippen molar-refractivity contribution in [1.29, 1.82) is 0 Å². The van der Waals surface area contributed by atoms with E-state index in [0.717, 1.165) is 23.3 Å². The van der Waals surface area contributed by atoms with Gasteiger partial charge in [0.1, 0.15) is 6.61 Å². The van der Waals surface area contributed by atoms with Gasteiger partial charge in [-0.05, 0) is 37.3 Å². The van der Waals surface area contributed by atoms with Crippen molar-refractivity contribution in [3.05, 3.63) is 34.9 Å². The van der Waals surface area contributed by atoms with Crippen molar-refractivity contribution in [3.63, 3.8) is 0 Å². The molecule has 4 heteroatoms. The van der Waals surface area contributed by atoms with Crippen LogP contribution < -0.4 is 0 Å². The van der Waals surface area contributed by atoms with E-state index in [9.17, 15) is 4.79 Å². The molecule has 1 N–H and O–H groups in total. The fourth-order valence-electron chi connectivity index (χ4n) is 2.09. The smallest absolute Gasteiger partial charge is 0.253 e.